The molecule has 30 heavy (non-hydrogen) atoms. The molecule has 0 fully saturated rings. The molecule has 1 aromatic carbocycles. The third kappa shape index (κ3) is 9.71. The first-order valence-electron chi connectivity index (χ1n) is 9.63. The predicted octanol–water partition coefficient (Wildman–Crippen LogP) is 5.83. The van der Waals surface area contributed by atoms with Crippen molar-refractivity contribution in [3.63, 3.8) is 0 Å². The second kappa shape index (κ2) is 14.3. The van der Waals surface area contributed by atoms with Gasteiger partial charge in [0.25, 0.3) is 0 Å². The van der Waals surface area contributed by atoms with E-state index in [0.29, 0.717) is 11.7 Å². The van der Waals surface area contributed by atoms with Crippen LogP contribution in [0.3, 0.4) is 0 Å². The van der Waals surface area contributed by atoms with E-state index in [9.17, 15) is 5.11 Å². The molecule has 0 bridgehead atoms. The minimum Gasteiger partial charge on any atom is -0.508 e. The van der Waals surface area contributed by atoms with Crippen LogP contribution in [-0.4, -0.2) is 29.4 Å². The van der Waals surface area contributed by atoms with Crippen molar-refractivity contribution in [1.29, 1.82) is 0 Å². The molecular weight excluding hydrogens is 479 g/mol. The molecule has 165 valence electrons. The Morgan fingerprint density at radius 1 is 0.933 bits per heavy atom. The summed E-state index contributed by atoms with van der Waals surface area (Å²) < 4.78 is 1.42. The first-order valence-corrected chi connectivity index (χ1v) is 11.4. The van der Waals surface area contributed by atoms with Crippen LogP contribution in [-0.2, 0) is 25.4 Å². The molecular formula is C24H37Cl2OSi2Ti. The van der Waals surface area contributed by atoms with Gasteiger partial charge in [-0.2, -0.15) is 5.57 Å². The van der Waals surface area contributed by atoms with Crippen molar-refractivity contribution in [2.45, 2.75) is 81.6 Å². The summed E-state index contributed by atoms with van der Waals surface area (Å²) >= 11 is 2.08. The Hall–Kier alpha value is 0.0981. The molecule has 0 aliphatic heterocycles. The molecule has 0 amide bonds. The van der Waals surface area contributed by atoms with Gasteiger partial charge in [-0.1, -0.05) is 40.5 Å². The van der Waals surface area contributed by atoms with Gasteiger partial charge in [0.2, 0.25) is 0 Å². The Morgan fingerprint density at radius 3 is 1.57 bits per heavy atom. The quantitative estimate of drug-likeness (QED) is 0.340. The number of rotatable bonds is 0. The van der Waals surface area contributed by atoms with Gasteiger partial charge in [0.05, 0.1) is 10.2 Å². The summed E-state index contributed by atoms with van der Waals surface area (Å²) in [6.45, 7) is 23.2. The zero-order valence-electron chi connectivity index (χ0n) is 20.3. The van der Waals surface area contributed by atoms with Crippen LogP contribution >= 0.6 is 24.8 Å². The fourth-order valence-corrected chi connectivity index (χ4v) is 4.20. The zero-order valence-corrected chi connectivity index (χ0v) is 25.5. The molecule has 2 rings (SSSR count). The minimum atomic E-state index is 0. The van der Waals surface area contributed by atoms with E-state index in [0.717, 1.165) is 15.9 Å². The van der Waals surface area contributed by atoms with Crippen LogP contribution in [0.25, 0.3) is 0 Å². The monoisotopic (exact) mass is 515 g/mol. The number of benzene rings is 1. The van der Waals surface area contributed by atoms with Crippen molar-refractivity contribution in [3.05, 3.63) is 44.7 Å². The summed E-state index contributed by atoms with van der Waals surface area (Å²) in [5, 5.41) is 12.0. The molecule has 6 heteroatoms. The fourth-order valence-electron chi connectivity index (χ4n) is 3.03. The van der Waals surface area contributed by atoms with Crippen LogP contribution in [0.1, 0.15) is 77.6 Å². The first kappa shape index (κ1) is 34.7. The van der Waals surface area contributed by atoms with E-state index in [-0.39, 0.29) is 30.2 Å². The van der Waals surface area contributed by atoms with Gasteiger partial charge >= 0.3 is 37.6 Å². The van der Waals surface area contributed by atoms with Gasteiger partial charge in [-0.3, -0.25) is 6.08 Å². The van der Waals surface area contributed by atoms with Crippen molar-refractivity contribution in [1.82, 2.24) is 0 Å². The Labute approximate surface area is 216 Å². The fraction of sp³-hybridized carbons (Fsp3) is 0.542. The summed E-state index contributed by atoms with van der Waals surface area (Å²) in [5.74, 6) is 0.886. The van der Waals surface area contributed by atoms with Gasteiger partial charge in [-0.25, -0.2) is 10.8 Å². The number of halogens is 2. The van der Waals surface area contributed by atoms with E-state index in [4.69, 9.17) is 0 Å². The molecule has 1 aliphatic rings. The second-order valence-electron chi connectivity index (χ2n) is 8.77. The van der Waals surface area contributed by atoms with Crippen LogP contribution in [0.15, 0.2) is 16.3 Å². The molecule has 0 saturated carbocycles. The maximum absolute atomic E-state index is 10.0. The number of allylic oxidation sites excluding steroid dienone is 4. The maximum Gasteiger partial charge on any atom is 0.117 e. The van der Waals surface area contributed by atoms with Crippen LogP contribution in [0.5, 0.6) is 5.75 Å². The topological polar surface area (TPSA) is 20.2 Å². The van der Waals surface area contributed by atoms with Crippen LogP contribution in [0, 0.1) is 32.8 Å². The minimum absolute atomic E-state index is 0. The van der Waals surface area contributed by atoms with Gasteiger partial charge in [0, 0.05) is 10.2 Å². The van der Waals surface area contributed by atoms with Crippen LogP contribution in [0.4, 0.5) is 0 Å². The predicted molar refractivity (Wildman–Crippen MR) is 137 cm³/mol. The molecule has 1 unspecified atom stereocenters. The number of hydrogen-bond donors (Lipinski definition) is 1. The molecule has 0 saturated heterocycles. The van der Waals surface area contributed by atoms with E-state index >= 15 is 0 Å². The smallest absolute Gasteiger partial charge is 0.117 e. The third-order valence-electron chi connectivity index (χ3n) is 5.07. The second-order valence-corrected chi connectivity index (χ2v) is 11.3. The molecule has 1 aliphatic carbocycles. The van der Waals surface area contributed by atoms with Gasteiger partial charge in [0.15, 0.2) is 0 Å². The maximum atomic E-state index is 10.0. The number of phenolic OH excluding ortho intramolecular Hbond substituents is 1. The molecule has 1 aromatic rings. The van der Waals surface area contributed by atoms with Crippen molar-refractivity contribution in [3.8, 4) is 5.75 Å². The van der Waals surface area contributed by atoms with Crippen LogP contribution in [0.2, 0.25) is 0 Å². The average Bonchev–Trinajstić information content (AvgIpc) is 2.76. The summed E-state index contributed by atoms with van der Waals surface area (Å²) in [5.41, 5.74) is 7.42. The van der Waals surface area contributed by atoms with Crippen molar-refractivity contribution < 1.29 is 25.1 Å². The van der Waals surface area contributed by atoms with Crippen molar-refractivity contribution >= 4 is 54.3 Å². The summed E-state index contributed by atoms with van der Waals surface area (Å²) in [7, 11) is 7.04. The van der Waals surface area contributed by atoms with E-state index in [1.165, 1.54) is 31.6 Å². The van der Waals surface area contributed by atoms with Gasteiger partial charge < -0.3 is 5.11 Å². The molecule has 1 nitrogen and oxygen atoms in total. The number of phenols is 1. The van der Waals surface area contributed by atoms with E-state index in [1.807, 2.05) is 6.92 Å². The molecule has 1 atom stereocenters. The molecule has 0 aromatic heterocycles. The molecule has 1 N–H and O–H groups in total. The Morgan fingerprint density at radius 2 is 1.33 bits per heavy atom. The molecule has 0 spiro atoms. The van der Waals surface area contributed by atoms with Crippen molar-refractivity contribution in [2.24, 2.45) is 5.92 Å². The Kier molecular flexibility index (Phi) is 16.5. The van der Waals surface area contributed by atoms with E-state index in [1.54, 1.807) is 0 Å². The first-order chi connectivity index (χ1) is 12.5. The Balaban J connectivity index is -0.000000417. The number of aromatic hydroxyl groups is 1. The summed E-state index contributed by atoms with van der Waals surface area (Å²) in [6, 6.07) is 0. The standard InChI is InChI=1S/C13H19OSi.C8H10Si.C3H6.2ClH.Ti/c1-7-8(2)10(13(4,5)6)12(15)11(14)9(7)3;1-5-4-8(9)7(3)6(5)2;1-3-2;;;/h14H,1-6H3;5H,1-3H3;1-2H3;2*1H;/q;-1;;;;+1. The van der Waals surface area contributed by atoms with E-state index in [2.05, 4.69) is 116 Å². The number of hydrogen-bond acceptors (Lipinski definition) is 1. The van der Waals surface area contributed by atoms with Crippen LogP contribution < -0.4 is 5.19 Å². The third-order valence-corrected chi connectivity index (χ3v) is 6.08. The summed E-state index contributed by atoms with van der Waals surface area (Å²) in [4.78, 5) is 0. The largest absolute Gasteiger partial charge is 0.508 e. The van der Waals surface area contributed by atoms with Gasteiger partial charge in [-0.05, 0) is 53.6 Å². The SMILES string of the molecule is CC1=C(C)C(C)[C-]=C1[Si].C[C](C)=[Ti+].Cc1c(C)c(O)c([Si])c(C(C)(C)C)c1C.Cl.Cl. The Bertz CT molecular complexity index is 773. The van der Waals surface area contributed by atoms with Crippen molar-refractivity contribution in [2.75, 3.05) is 0 Å². The average molecular weight is 517 g/mol. The van der Waals surface area contributed by atoms with Gasteiger partial charge in [-0.15, -0.1) is 31.7 Å². The van der Waals surface area contributed by atoms with E-state index < -0.39 is 0 Å². The zero-order chi connectivity index (χ0) is 22.6. The van der Waals surface area contributed by atoms with Gasteiger partial charge in [0.1, 0.15) is 5.75 Å². The normalized spacial score (nSPS) is 15.0. The summed E-state index contributed by atoms with van der Waals surface area (Å²) in [6.07, 6.45) is 3.27. The molecule has 6 radical (unpaired) electrons. The molecule has 0 heterocycles.